The Labute approximate surface area is 106 Å². The van der Waals surface area contributed by atoms with Crippen LogP contribution in [0.15, 0.2) is 23.2 Å². The van der Waals surface area contributed by atoms with Crippen LogP contribution >= 0.6 is 11.6 Å². The van der Waals surface area contributed by atoms with Crippen LogP contribution in [0.5, 0.6) is 0 Å². The zero-order valence-corrected chi connectivity index (χ0v) is 11.3. The van der Waals surface area contributed by atoms with Gasteiger partial charge in [-0.15, -0.1) is 0 Å². The maximum Gasteiger partial charge on any atom is 0.242 e. The summed E-state index contributed by atoms with van der Waals surface area (Å²) in [7, 11) is -1.96. The van der Waals surface area contributed by atoms with Crippen molar-refractivity contribution in [2.45, 2.75) is 24.3 Å². The van der Waals surface area contributed by atoms with E-state index >= 15 is 0 Å². The van der Waals surface area contributed by atoms with Gasteiger partial charge < -0.3 is 4.74 Å². The molecule has 5 nitrogen and oxygen atoms in total. The van der Waals surface area contributed by atoms with Crippen molar-refractivity contribution in [1.29, 1.82) is 0 Å². The maximum atomic E-state index is 11.9. The molecule has 0 aliphatic rings. The van der Waals surface area contributed by atoms with Gasteiger partial charge in [0.05, 0.1) is 0 Å². The highest BCUT2D eigenvalue weighted by atomic mass is 35.5. The summed E-state index contributed by atoms with van der Waals surface area (Å²) in [5.41, 5.74) is 0. The van der Waals surface area contributed by atoms with E-state index in [9.17, 15) is 8.42 Å². The van der Waals surface area contributed by atoms with Gasteiger partial charge in [0.25, 0.3) is 0 Å². The predicted molar refractivity (Wildman–Crippen MR) is 65.5 cm³/mol. The molecule has 0 aromatic carbocycles. The number of methoxy groups -OCH3 is 1. The number of pyridine rings is 1. The van der Waals surface area contributed by atoms with Gasteiger partial charge in [0.15, 0.2) is 0 Å². The van der Waals surface area contributed by atoms with E-state index in [0.717, 1.165) is 0 Å². The number of hydrogen-bond acceptors (Lipinski definition) is 4. The molecule has 0 radical (unpaired) electrons. The summed E-state index contributed by atoms with van der Waals surface area (Å²) in [4.78, 5) is 3.84. The molecule has 1 unspecified atom stereocenters. The molecular formula is C10H15ClN2O3S. The Hall–Kier alpha value is -0.690. The fourth-order valence-electron chi connectivity index (χ4n) is 1.21. The van der Waals surface area contributed by atoms with Gasteiger partial charge in [0, 0.05) is 26.0 Å². The first-order valence-electron chi connectivity index (χ1n) is 5.08. The Balaban J connectivity index is 2.71. The summed E-state index contributed by atoms with van der Waals surface area (Å²) in [6.07, 6.45) is 1.84. The van der Waals surface area contributed by atoms with Crippen LogP contribution in [-0.2, 0) is 14.8 Å². The zero-order valence-electron chi connectivity index (χ0n) is 9.68. The van der Waals surface area contributed by atoms with E-state index in [4.69, 9.17) is 16.3 Å². The van der Waals surface area contributed by atoms with Crippen LogP contribution in [0.1, 0.15) is 13.3 Å². The van der Waals surface area contributed by atoms with Crippen molar-refractivity contribution >= 4 is 21.6 Å². The van der Waals surface area contributed by atoms with E-state index < -0.39 is 10.0 Å². The number of sulfonamides is 1. The topological polar surface area (TPSA) is 68.3 Å². The fraction of sp³-hybridized carbons (Fsp3) is 0.500. The van der Waals surface area contributed by atoms with Gasteiger partial charge >= 0.3 is 0 Å². The van der Waals surface area contributed by atoms with Crippen LogP contribution in [-0.4, -0.2) is 33.2 Å². The quantitative estimate of drug-likeness (QED) is 0.800. The Morgan fingerprint density at radius 3 is 2.76 bits per heavy atom. The highest BCUT2D eigenvalue weighted by Crippen LogP contribution is 2.11. The van der Waals surface area contributed by atoms with E-state index in [0.29, 0.717) is 13.0 Å². The first-order chi connectivity index (χ1) is 7.95. The van der Waals surface area contributed by atoms with Crippen LogP contribution in [0.4, 0.5) is 0 Å². The summed E-state index contributed by atoms with van der Waals surface area (Å²) >= 11 is 5.59. The lowest BCUT2D eigenvalue weighted by Crippen LogP contribution is -2.33. The average Bonchev–Trinajstić information content (AvgIpc) is 2.26. The maximum absolute atomic E-state index is 11.9. The lowest BCUT2D eigenvalue weighted by atomic mass is 10.3. The van der Waals surface area contributed by atoms with Gasteiger partial charge in [-0.25, -0.2) is 18.1 Å². The minimum Gasteiger partial charge on any atom is -0.385 e. The first kappa shape index (κ1) is 14.4. The minimum absolute atomic E-state index is 0.103. The number of hydrogen-bond donors (Lipinski definition) is 1. The third kappa shape index (κ3) is 4.59. The second-order valence-corrected chi connectivity index (χ2v) is 5.72. The van der Waals surface area contributed by atoms with E-state index in [1.165, 1.54) is 18.3 Å². The number of rotatable bonds is 6. The molecule has 96 valence electrons. The molecular weight excluding hydrogens is 264 g/mol. The van der Waals surface area contributed by atoms with E-state index in [2.05, 4.69) is 9.71 Å². The van der Waals surface area contributed by atoms with Gasteiger partial charge in [0.1, 0.15) is 10.0 Å². The molecule has 0 saturated carbocycles. The summed E-state index contributed by atoms with van der Waals surface area (Å²) < 4.78 is 31.2. The molecule has 0 aliphatic carbocycles. The predicted octanol–water partition coefficient (Wildman–Crippen LogP) is 1.44. The number of nitrogens with zero attached hydrogens (tertiary/aromatic N) is 1. The Morgan fingerprint density at radius 1 is 1.53 bits per heavy atom. The SMILES string of the molecule is COCCC(C)NS(=O)(=O)c1ccc(Cl)nc1. The molecule has 1 heterocycles. The third-order valence-corrected chi connectivity index (χ3v) is 3.92. The molecule has 1 rings (SSSR count). The van der Waals surface area contributed by atoms with Crippen LogP contribution in [0, 0.1) is 0 Å². The molecule has 0 aliphatic heterocycles. The summed E-state index contributed by atoms with van der Waals surface area (Å²) in [6.45, 7) is 2.28. The molecule has 7 heteroatoms. The normalized spacial score (nSPS) is 13.6. The number of ether oxygens (including phenoxy) is 1. The molecule has 0 spiro atoms. The highest BCUT2D eigenvalue weighted by molar-refractivity contribution is 7.89. The summed E-state index contributed by atoms with van der Waals surface area (Å²) in [5.74, 6) is 0. The summed E-state index contributed by atoms with van der Waals surface area (Å²) in [6, 6.07) is 2.66. The zero-order chi connectivity index (χ0) is 12.9. The Bertz CT molecular complexity index is 447. The van der Waals surface area contributed by atoms with Crippen molar-refractivity contribution in [2.24, 2.45) is 0 Å². The lowest BCUT2D eigenvalue weighted by molar-refractivity contribution is 0.188. The standard InChI is InChI=1S/C10H15ClN2O3S/c1-8(5-6-16-2)13-17(14,15)9-3-4-10(11)12-7-9/h3-4,7-8,13H,5-6H2,1-2H3. The van der Waals surface area contributed by atoms with Crippen molar-refractivity contribution in [2.75, 3.05) is 13.7 Å². The average molecular weight is 279 g/mol. The van der Waals surface area contributed by atoms with E-state index in [1.54, 1.807) is 14.0 Å². The van der Waals surface area contributed by atoms with Crippen LogP contribution in [0.25, 0.3) is 0 Å². The first-order valence-corrected chi connectivity index (χ1v) is 6.94. The number of aromatic nitrogens is 1. The van der Waals surface area contributed by atoms with E-state index in [1.807, 2.05) is 0 Å². The second-order valence-electron chi connectivity index (χ2n) is 3.62. The monoisotopic (exact) mass is 278 g/mol. The van der Waals surface area contributed by atoms with Crippen LogP contribution in [0.2, 0.25) is 5.15 Å². The molecule has 1 aromatic rings. The molecule has 17 heavy (non-hydrogen) atoms. The van der Waals surface area contributed by atoms with Crippen LogP contribution < -0.4 is 4.72 Å². The molecule has 0 amide bonds. The van der Waals surface area contributed by atoms with Crippen molar-refractivity contribution in [3.63, 3.8) is 0 Å². The van der Waals surface area contributed by atoms with Crippen LogP contribution in [0.3, 0.4) is 0 Å². The lowest BCUT2D eigenvalue weighted by Gasteiger charge is -2.13. The molecule has 0 saturated heterocycles. The summed E-state index contributed by atoms with van der Waals surface area (Å²) in [5, 5.41) is 0.261. The molecule has 1 atom stereocenters. The van der Waals surface area contributed by atoms with Gasteiger partial charge in [-0.05, 0) is 25.5 Å². The van der Waals surface area contributed by atoms with Crippen molar-refractivity contribution < 1.29 is 13.2 Å². The van der Waals surface area contributed by atoms with Crippen molar-refractivity contribution in [3.8, 4) is 0 Å². The van der Waals surface area contributed by atoms with Crippen molar-refractivity contribution in [3.05, 3.63) is 23.5 Å². The Morgan fingerprint density at radius 2 is 2.24 bits per heavy atom. The largest absolute Gasteiger partial charge is 0.385 e. The van der Waals surface area contributed by atoms with Gasteiger partial charge in [-0.2, -0.15) is 0 Å². The molecule has 1 aromatic heterocycles. The third-order valence-electron chi connectivity index (χ3n) is 2.12. The smallest absolute Gasteiger partial charge is 0.242 e. The van der Waals surface area contributed by atoms with Gasteiger partial charge in [0.2, 0.25) is 10.0 Å². The number of halogens is 1. The fourth-order valence-corrected chi connectivity index (χ4v) is 2.54. The molecule has 0 bridgehead atoms. The van der Waals surface area contributed by atoms with Gasteiger partial charge in [-0.1, -0.05) is 11.6 Å². The molecule has 0 fully saturated rings. The number of nitrogens with one attached hydrogen (secondary N) is 1. The second kappa shape index (κ2) is 6.30. The molecule has 1 N–H and O–H groups in total. The van der Waals surface area contributed by atoms with Gasteiger partial charge in [-0.3, -0.25) is 0 Å². The minimum atomic E-state index is -3.53. The highest BCUT2D eigenvalue weighted by Gasteiger charge is 2.17. The van der Waals surface area contributed by atoms with Crippen molar-refractivity contribution in [1.82, 2.24) is 9.71 Å². The van der Waals surface area contributed by atoms with E-state index in [-0.39, 0.29) is 16.1 Å². The Kier molecular flexibility index (Phi) is 5.32.